The lowest BCUT2D eigenvalue weighted by molar-refractivity contribution is -0.117. The first-order chi connectivity index (χ1) is 13.3. The fourth-order valence-corrected chi connectivity index (χ4v) is 3.56. The summed E-state index contributed by atoms with van der Waals surface area (Å²) in [5.41, 5.74) is 2.15. The van der Waals surface area contributed by atoms with Crippen LogP contribution in [0.25, 0.3) is 11.4 Å². The van der Waals surface area contributed by atoms with Crippen molar-refractivity contribution in [2.75, 3.05) is 25.5 Å². The molecule has 1 aliphatic heterocycles. The van der Waals surface area contributed by atoms with E-state index in [1.807, 2.05) is 44.1 Å². The number of hydrogen-bond acceptors (Lipinski definition) is 6. The van der Waals surface area contributed by atoms with E-state index in [4.69, 9.17) is 4.52 Å². The molecule has 2 N–H and O–H groups in total. The highest BCUT2D eigenvalue weighted by molar-refractivity contribution is 5.94. The largest absolute Gasteiger partial charge is 0.465 e. The zero-order valence-corrected chi connectivity index (χ0v) is 17.7. The first-order valence-electron chi connectivity index (χ1n) is 9.17. The molecule has 0 saturated carbocycles. The van der Waals surface area contributed by atoms with E-state index in [1.54, 1.807) is 4.90 Å². The lowest BCUT2D eigenvalue weighted by Crippen LogP contribution is -2.45. The summed E-state index contributed by atoms with van der Waals surface area (Å²) in [7, 11) is 3.94. The molecule has 158 valence electrons. The number of rotatable bonds is 5. The zero-order chi connectivity index (χ0) is 20.4. The third-order valence-electron chi connectivity index (χ3n) is 4.82. The van der Waals surface area contributed by atoms with Gasteiger partial charge in [-0.2, -0.15) is 4.98 Å². The van der Waals surface area contributed by atoms with Crippen LogP contribution in [0.5, 0.6) is 0 Å². The van der Waals surface area contributed by atoms with Gasteiger partial charge in [-0.05, 0) is 51.2 Å². The minimum absolute atomic E-state index is 0. The monoisotopic (exact) mass is 423 g/mol. The van der Waals surface area contributed by atoms with Crippen molar-refractivity contribution in [3.63, 3.8) is 0 Å². The maximum atomic E-state index is 12.1. The Labute approximate surface area is 175 Å². The van der Waals surface area contributed by atoms with Crippen LogP contribution in [0.1, 0.15) is 37.8 Å². The highest BCUT2D eigenvalue weighted by Crippen LogP contribution is 2.39. The van der Waals surface area contributed by atoms with Gasteiger partial charge < -0.3 is 24.7 Å². The smallest absolute Gasteiger partial charge is 0.405 e. The molecule has 0 saturated heterocycles. The molecule has 2 atom stereocenters. The van der Waals surface area contributed by atoms with Gasteiger partial charge in [0.25, 0.3) is 0 Å². The lowest BCUT2D eigenvalue weighted by Gasteiger charge is -2.39. The third kappa shape index (κ3) is 5.04. The summed E-state index contributed by atoms with van der Waals surface area (Å²) >= 11 is 0. The minimum atomic E-state index is -1.10. The molecule has 2 heterocycles. The summed E-state index contributed by atoms with van der Waals surface area (Å²) in [5, 5.41) is 15.8. The number of benzene rings is 1. The molecule has 0 aliphatic carbocycles. The van der Waals surface area contributed by atoms with E-state index >= 15 is 0 Å². The van der Waals surface area contributed by atoms with E-state index in [9.17, 15) is 14.7 Å². The Balaban J connectivity index is 0.00000300. The van der Waals surface area contributed by atoms with Gasteiger partial charge in [0.1, 0.15) is 0 Å². The maximum absolute atomic E-state index is 12.1. The Kier molecular flexibility index (Phi) is 7.21. The number of likely N-dealkylation sites (N-methyl/N-ethyl adjacent to an activating group) is 1. The number of carbonyl (C=O) groups excluding carboxylic acids is 1. The maximum Gasteiger partial charge on any atom is 0.405 e. The number of carboxylic acid groups (broad SMARTS) is 1. The molecule has 0 spiro atoms. The van der Waals surface area contributed by atoms with Crippen molar-refractivity contribution in [3.05, 3.63) is 29.7 Å². The van der Waals surface area contributed by atoms with E-state index in [0.717, 1.165) is 12.1 Å². The van der Waals surface area contributed by atoms with Gasteiger partial charge >= 0.3 is 6.09 Å². The van der Waals surface area contributed by atoms with Crippen LogP contribution in [0, 0.1) is 0 Å². The molecule has 1 aromatic heterocycles. The van der Waals surface area contributed by atoms with Gasteiger partial charge in [-0.1, -0.05) is 5.16 Å². The quantitative estimate of drug-likeness (QED) is 0.760. The van der Waals surface area contributed by atoms with Crippen LogP contribution in [0.2, 0.25) is 0 Å². The summed E-state index contributed by atoms with van der Waals surface area (Å²) in [6, 6.07) is 4.94. The number of nitrogens with zero attached hydrogens (tertiary/aromatic N) is 4. The number of halogens is 1. The van der Waals surface area contributed by atoms with E-state index in [1.165, 1.54) is 6.92 Å². The van der Waals surface area contributed by atoms with E-state index < -0.39 is 12.1 Å². The Morgan fingerprint density at radius 1 is 1.38 bits per heavy atom. The topological polar surface area (TPSA) is 112 Å². The second-order valence-corrected chi connectivity index (χ2v) is 7.31. The SMILES string of the molecule is CC(=O)N1c2ccc(-c3noc(CCN(C)C)n3)cc2[C@H](NC(=O)O)C[C@@H]1C.Cl. The van der Waals surface area contributed by atoms with Gasteiger partial charge in [0.15, 0.2) is 0 Å². The fraction of sp³-hybridized carbons (Fsp3) is 0.474. The summed E-state index contributed by atoms with van der Waals surface area (Å²) < 4.78 is 5.32. The van der Waals surface area contributed by atoms with Crippen LogP contribution >= 0.6 is 12.4 Å². The molecule has 0 fully saturated rings. The highest BCUT2D eigenvalue weighted by atomic mass is 35.5. The van der Waals surface area contributed by atoms with Crippen molar-refractivity contribution in [2.45, 2.75) is 38.8 Å². The van der Waals surface area contributed by atoms with Crippen LogP contribution in [-0.2, 0) is 11.2 Å². The van der Waals surface area contributed by atoms with Crippen LogP contribution in [0.3, 0.4) is 0 Å². The molecule has 0 radical (unpaired) electrons. The van der Waals surface area contributed by atoms with E-state index in [0.29, 0.717) is 35.8 Å². The van der Waals surface area contributed by atoms with Crippen molar-refractivity contribution < 1.29 is 19.2 Å². The predicted octanol–water partition coefficient (Wildman–Crippen LogP) is 2.72. The van der Waals surface area contributed by atoms with Crippen molar-refractivity contribution >= 4 is 30.1 Å². The van der Waals surface area contributed by atoms with Gasteiger partial charge in [-0.3, -0.25) is 4.79 Å². The van der Waals surface area contributed by atoms with Crippen molar-refractivity contribution in [2.24, 2.45) is 0 Å². The Hall–Kier alpha value is -2.65. The van der Waals surface area contributed by atoms with Crippen LogP contribution in [0.4, 0.5) is 10.5 Å². The summed E-state index contributed by atoms with van der Waals surface area (Å²) in [6.07, 6.45) is 0.0299. The Bertz CT molecular complexity index is 885. The van der Waals surface area contributed by atoms with Gasteiger partial charge in [0.05, 0.1) is 6.04 Å². The Morgan fingerprint density at radius 3 is 2.72 bits per heavy atom. The number of fused-ring (bicyclic) bond motifs is 1. The van der Waals surface area contributed by atoms with Crippen molar-refractivity contribution in [1.29, 1.82) is 0 Å². The van der Waals surface area contributed by atoms with Gasteiger partial charge in [-0.25, -0.2) is 4.79 Å². The number of anilines is 1. The second kappa shape index (κ2) is 9.23. The molecule has 2 amide bonds. The zero-order valence-electron chi connectivity index (χ0n) is 16.9. The first kappa shape index (κ1) is 22.6. The van der Waals surface area contributed by atoms with E-state index in [-0.39, 0.29) is 24.4 Å². The number of amides is 2. The summed E-state index contributed by atoms with van der Waals surface area (Å²) in [6.45, 7) is 4.21. The standard InChI is InChI=1S/C19H25N5O4.ClH/c1-11-9-15(20-19(26)27)14-10-13(5-6-16(14)24(11)12(2)25)18-21-17(28-22-18)7-8-23(3)4;/h5-6,10-11,15,20H,7-9H2,1-4H3,(H,26,27);1H/t11-,15+;/m0./s1. The Morgan fingerprint density at radius 2 is 2.10 bits per heavy atom. The average Bonchev–Trinajstić information content (AvgIpc) is 3.08. The van der Waals surface area contributed by atoms with Crippen molar-refractivity contribution in [3.8, 4) is 11.4 Å². The van der Waals surface area contributed by atoms with E-state index in [2.05, 4.69) is 15.5 Å². The lowest BCUT2D eigenvalue weighted by atomic mass is 9.90. The minimum Gasteiger partial charge on any atom is -0.465 e. The molecule has 1 aromatic carbocycles. The van der Waals surface area contributed by atoms with Gasteiger partial charge in [-0.15, -0.1) is 12.4 Å². The molecular weight excluding hydrogens is 398 g/mol. The molecule has 10 heteroatoms. The summed E-state index contributed by atoms with van der Waals surface area (Å²) in [5.74, 6) is 0.903. The van der Waals surface area contributed by atoms with Crippen LogP contribution in [0.15, 0.2) is 22.7 Å². The number of carbonyl (C=O) groups is 2. The van der Waals surface area contributed by atoms with Gasteiger partial charge in [0, 0.05) is 37.2 Å². The molecule has 3 rings (SSSR count). The second-order valence-electron chi connectivity index (χ2n) is 7.31. The predicted molar refractivity (Wildman–Crippen MR) is 110 cm³/mol. The van der Waals surface area contributed by atoms with Crippen LogP contribution in [-0.4, -0.2) is 58.8 Å². The fourth-order valence-electron chi connectivity index (χ4n) is 3.56. The highest BCUT2D eigenvalue weighted by Gasteiger charge is 2.33. The van der Waals surface area contributed by atoms with Crippen LogP contribution < -0.4 is 10.2 Å². The normalized spacial score (nSPS) is 18.2. The molecule has 1 aliphatic rings. The molecular formula is C19H26ClN5O4. The van der Waals surface area contributed by atoms with Gasteiger partial charge in [0.2, 0.25) is 17.6 Å². The molecule has 0 unspecified atom stereocenters. The first-order valence-corrected chi connectivity index (χ1v) is 9.17. The number of nitrogens with one attached hydrogen (secondary N) is 1. The number of hydrogen-bond donors (Lipinski definition) is 2. The third-order valence-corrected chi connectivity index (χ3v) is 4.82. The molecule has 9 nitrogen and oxygen atoms in total. The average molecular weight is 424 g/mol. The van der Waals surface area contributed by atoms with Crippen molar-refractivity contribution in [1.82, 2.24) is 20.4 Å². The summed E-state index contributed by atoms with van der Waals surface area (Å²) in [4.78, 5) is 31.5. The molecule has 2 aromatic rings. The molecule has 29 heavy (non-hydrogen) atoms. The molecule has 0 bridgehead atoms. The number of aromatic nitrogens is 2.